The second-order valence-electron chi connectivity index (χ2n) is 14.0. The van der Waals surface area contributed by atoms with Crippen molar-refractivity contribution in [3.8, 4) is 0 Å². The smallest absolute Gasteiger partial charge is 0.206 e. The number of rotatable bonds is 16. The maximum absolute atomic E-state index is 9.41. The molecule has 360 valence electrons. The third-order valence-corrected chi connectivity index (χ3v) is 9.23. The number of hydrogen-bond donors (Lipinski definition) is 0. The van der Waals surface area contributed by atoms with E-state index in [2.05, 4.69) is 91.4 Å². The molecule has 0 N–H and O–H groups in total. The third kappa shape index (κ3) is 21.0. The Morgan fingerprint density at radius 3 is 1.02 bits per heavy atom. The summed E-state index contributed by atoms with van der Waals surface area (Å²) in [6.07, 6.45) is 2.31. The van der Waals surface area contributed by atoms with Crippen molar-refractivity contribution in [3.05, 3.63) is 85.0 Å². The number of fused-ring (bicyclic) bond motifs is 2. The maximum Gasteiger partial charge on any atom is 0.206 e. The summed E-state index contributed by atoms with van der Waals surface area (Å²) in [6, 6.07) is 16.7. The predicted octanol–water partition coefficient (Wildman–Crippen LogP) is -5.22. The van der Waals surface area contributed by atoms with E-state index in [1.54, 1.807) is 0 Å². The number of anilines is 2. The van der Waals surface area contributed by atoms with Gasteiger partial charge in [0, 0.05) is 78.7 Å². The van der Waals surface area contributed by atoms with Gasteiger partial charge in [0.05, 0.1) is 71.1 Å². The normalized spacial score (nSPS) is 14.1. The van der Waals surface area contributed by atoms with Crippen LogP contribution in [-0.4, -0.2) is 158 Å². The van der Waals surface area contributed by atoms with Crippen molar-refractivity contribution in [1.29, 1.82) is 0 Å². The lowest BCUT2D eigenvalue weighted by Crippen LogP contribution is -2.45. The first-order valence-corrected chi connectivity index (χ1v) is 20.7. The molecule has 22 heteroatoms. The second-order valence-corrected chi connectivity index (χ2v) is 14.0. The van der Waals surface area contributed by atoms with Crippen LogP contribution >= 0.6 is 0 Å². The number of hydrogen-bond acceptors (Lipinski definition) is 20. The summed E-state index contributed by atoms with van der Waals surface area (Å²) >= 11 is 0. The van der Waals surface area contributed by atoms with Gasteiger partial charge in [0.25, 0.3) is 0 Å². The summed E-state index contributed by atoms with van der Waals surface area (Å²) in [5, 5.41) is 56.5. The van der Waals surface area contributed by atoms with E-state index in [0.29, 0.717) is 36.5 Å². The molecule has 2 aromatic carbocycles. The van der Waals surface area contributed by atoms with Gasteiger partial charge in [0.2, 0.25) is 11.9 Å². The Morgan fingerprint density at radius 1 is 0.485 bits per heavy atom. The van der Waals surface area contributed by atoms with Crippen molar-refractivity contribution >= 4 is 69.8 Å². The zero-order valence-electron chi connectivity index (χ0n) is 37.3. The highest BCUT2D eigenvalue weighted by Crippen LogP contribution is 2.25. The summed E-state index contributed by atoms with van der Waals surface area (Å²) in [6.45, 7) is 17.3. The number of carbonyl (C=O) groups is 6. The lowest BCUT2D eigenvalue weighted by Gasteiger charge is -2.33. The quantitative estimate of drug-likeness (QED) is 0.0749. The minimum Gasteiger partial charge on any atom is -0.545 e. The first-order valence-electron chi connectivity index (χ1n) is 20.7. The van der Waals surface area contributed by atoms with Crippen LogP contribution < -0.4 is 40.4 Å². The van der Waals surface area contributed by atoms with Crippen LogP contribution in [0.4, 0.5) is 11.9 Å². The molecule has 66 heavy (non-hydrogen) atoms. The molecule has 0 unspecified atom stereocenters. The molecule has 0 radical (unpaired) electrons. The lowest BCUT2D eigenvalue weighted by atomic mass is 10.3. The zero-order chi connectivity index (χ0) is 49.0. The van der Waals surface area contributed by atoms with E-state index in [1.165, 1.54) is 11.0 Å². The van der Waals surface area contributed by atoms with Crippen LogP contribution in [0, 0.1) is 0 Å². The average Bonchev–Trinajstić information content (AvgIpc) is 3.84. The first kappa shape index (κ1) is 55.0. The second kappa shape index (κ2) is 30.1. The molecule has 2 aromatic heterocycles. The highest BCUT2D eigenvalue weighted by molar-refractivity contribution is 5.89. The minimum absolute atomic E-state index is 0.384. The molecule has 0 spiro atoms. The van der Waals surface area contributed by atoms with Gasteiger partial charge >= 0.3 is 0 Å². The van der Waals surface area contributed by atoms with Crippen molar-refractivity contribution in [1.82, 2.24) is 28.9 Å². The molecule has 0 atom stereocenters. The molecule has 4 heterocycles. The van der Waals surface area contributed by atoms with Gasteiger partial charge < -0.3 is 97.6 Å². The molecule has 4 aromatic rings. The van der Waals surface area contributed by atoms with Crippen molar-refractivity contribution in [2.24, 2.45) is 0 Å². The highest BCUT2D eigenvalue weighted by atomic mass is 16.5. The van der Waals surface area contributed by atoms with Gasteiger partial charge in [0.1, 0.15) is 0 Å². The fourth-order valence-corrected chi connectivity index (χ4v) is 6.07. The van der Waals surface area contributed by atoms with Crippen LogP contribution in [0.5, 0.6) is 0 Å². The molecule has 0 saturated carbocycles. The third-order valence-electron chi connectivity index (χ3n) is 9.23. The molecule has 0 amide bonds. The van der Waals surface area contributed by atoms with Gasteiger partial charge in [-0.2, -0.15) is 0 Å². The predicted molar refractivity (Wildman–Crippen MR) is 229 cm³/mol. The SMILES string of the molecule is CCOCCn1c(N2CCN(C)CC2)nc2ccccc21.CCOCCn1c(N2CCN(C)CC2)nc2ccccc21.O=C([O-])/C=C/C(=O)[O-].O=C([O-])/C=C/C(=O)[O-].O=C([O-])/C=C/C(=O)[O-]. The molecule has 22 nitrogen and oxygen atoms in total. The monoisotopic (exact) mass is 918 g/mol. The zero-order valence-corrected chi connectivity index (χ0v) is 37.3. The number of carboxylic acids is 6. The fourth-order valence-electron chi connectivity index (χ4n) is 6.07. The molecule has 2 aliphatic rings. The van der Waals surface area contributed by atoms with Crippen LogP contribution in [0.15, 0.2) is 85.0 Å². The van der Waals surface area contributed by atoms with E-state index >= 15 is 0 Å². The van der Waals surface area contributed by atoms with Gasteiger partial charge in [0.15, 0.2) is 0 Å². The number of ether oxygens (including phenoxy) is 2. The molecule has 2 aliphatic heterocycles. The van der Waals surface area contributed by atoms with Crippen molar-refractivity contribution in [2.45, 2.75) is 26.9 Å². The minimum atomic E-state index is -1.55. The Bertz CT molecular complexity index is 2020. The van der Waals surface area contributed by atoms with E-state index in [1.807, 2.05) is 13.8 Å². The van der Waals surface area contributed by atoms with Crippen LogP contribution in [0.1, 0.15) is 13.8 Å². The van der Waals surface area contributed by atoms with Crippen LogP contribution in [-0.2, 0) is 51.3 Å². The van der Waals surface area contributed by atoms with E-state index in [4.69, 9.17) is 19.4 Å². The number of likely N-dealkylation sites (N-methyl/N-ethyl adjacent to an activating group) is 2. The number of carbonyl (C=O) groups excluding carboxylic acids is 6. The summed E-state index contributed by atoms with van der Waals surface area (Å²) in [5.41, 5.74) is 4.54. The van der Waals surface area contributed by atoms with Gasteiger partial charge in [-0.3, -0.25) is 0 Å². The molecule has 2 fully saturated rings. The number of nitrogens with zero attached hydrogens (tertiary/aromatic N) is 8. The standard InChI is InChI=1S/2C16H24N4O.3C4H4O4/c2*1-3-21-13-12-20-15-7-5-4-6-14(15)17-16(20)19-10-8-18(2)9-11-19;3*5-3(6)1-2-4(7)8/h2*4-7H,3,8-13H2,1-2H3;3*1-2H,(H,5,6)(H,7,8)/p-6/b;;3*2-1+. The van der Waals surface area contributed by atoms with Crippen LogP contribution in [0.3, 0.4) is 0 Å². The number of carboxylic acid groups (broad SMARTS) is 6. The van der Waals surface area contributed by atoms with E-state index in [-0.39, 0.29) is 0 Å². The molecule has 0 aliphatic carbocycles. The Labute approximate surface area is 381 Å². The summed E-state index contributed by atoms with van der Waals surface area (Å²) < 4.78 is 15.7. The maximum atomic E-state index is 9.41. The van der Waals surface area contributed by atoms with Gasteiger partial charge in [-0.15, -0.1) is 0 Å². The number of para-hydroxylation sites is 4. The summed E-state index contributed by atoms with van der Waals surface area (Å²) in [5.74, 6) is -7.11. The average molecular weight is 919 g/mol. The molecule has 6 rings (SSSR count). The number of aromatic nitrogens is 4. The van der Waals surface area contributed by atoms with Crippen LogP contribution in [0.25, 0.3) is 22.1 Å². The fraction of sp³-hybridized carbons (Fsp3) is 0.409. The van der Waals surface area contributed by atoms with Crippen molar-refractivity contribution in [2.75, 3.05) is 103 Å². The van der Waals surface area contributed by atoms with E-state index in [0.717, 1.165) is 115 Å². The number of piperazine rings is 2. The Kier molecular flexibility index (Phi) is 25.1. The van der Waals surface area contributed by atoms with Gasteiger partial charge in [-0.1, -0.05) is 24.3 Å². The Morgan fingerprint density at radius 2 is 0.758 bits per heavy atom. The molecule has 2 saturated heterocycles. The van der Waals surface area contributed by atoms with Crippen molar-refractivity contribution in [3.63, 3.8) is 0 Å². The Hall–Kier alpha value is -7.14. The van der Waals surface area contributed by atoms with Gasteiger partial charge in [-0.05, 0) is 88.7 Å². The summed E-state index contributed by atoms with van der Waals surface area (Å²) in [4.78, 5) is 75.7. The molecular weight excluding hydrogens is 865 g/mol. The number of benzene rings is 2. The van der Waals surface area contributed by atoms with Crippen LogP contribution in [0.2, 0.25) is 0 Å². The summed E-state index contributed by atoms with van der Waals surface area (Å²) in [7, 11) is 4.35. The van der Waals surface area contributed by atoms with Crippen molar-refractivity contribution < 1.29 is 68.9 Å². The number of imidazole rings is 2. The number of aliphatic carboxylic acids is 6. The van der Waals surface area contributed by atoms with E-state index in [9.17, 15) is 59.4 Å². The largest absolute Gasteiger partial charge is 0.545 e. The first-order chi connectivity index (χ1) is 31.5. The molecule has 0 bridgehead atoms. The molecular formula is C44H54N8O14-6. The van der Waals surface area contributed by atoms with Gasteiger partial charge in [-0.25, -0.2) is 9.97 Å². The lowest BCUT2D eigenvalue weighted by molar-refractivity contribution is -0.301. The Balaban J connectivity index is 0.000000309. The van der Waals surface area contributed by atoms with E-state index < -0.39 is 35.8 Å². The topological polar surface area (TPSA) is 308 Å². The highest BCUT2D eigenvalue weighted by Gasteiger charge is 2.22.